The third kappa shape index (κ3) is 5.46. The van der Waals surface area contributed by atoms with Crippen molar-refractivity contribution >= 4 is 22.4 Å². The Hall–Kier alpha value is -0.830. The zero-order valence-corrected chi connectivity index (χ0v) is 13.2. The minimum Gasteiger partial charge on any atom is -0.329 e. The molecule has 0 spiro atoms. The number of hydrogen-bond donors (Lipinski definition) is 2. The third-order valence-electron chi connectivity index (χ3n) is 2.63. The lowest BCUT2D eigenvalue weighted by atomic mass is 10.1. The molecule has 1 unspecified atom stereocenters. The maximum atomic E-state index is 13.5. The second kappa shape index (κ2) is 7.98. The summed E-state index contributed by atoms with van der Waals surface area (Å²) in [5, 5.41) is 0. The number of hydrogen-bond acceptors (Lipinski definition) is 3. The van der Waals surface area contributed by atoms with Crippen LogP contribution < -0.4 is 10.5 Å². The van der Waals surface area contributed by atoms with Crippen molar-refractivity contribution in [3.05, 3.63) is 29.6 Å². The van der Waals surface area contributed by atoms with E-state index in [0.29, 0.717) is 12.5 Å². The van der Waals surface area contributed by atoms with Gasteiger partial charge in [0.25, 0.3) is 0 Å². The molecule has 0 bridgehead atoms. The van der Waals surface area contributed by atoms with Crippen LogP contribution in [-0.4, -0.2) is 21.0 Å². The fourth-order valence-corrected chi connectivity index (χ4v) is 3.09. The average molecular weight is 347 g/mol. The van der Waals surface area contributed by atoms with E-state index in [9.17, 15) is 21.6 Å². The van der Waals surface area contributed by atoms with Crippen LogP contribution >= 0.6 is 12.4 Å². The molecular formula is C12H18ClF3N2O2S. The second-order valence-corrected chi connectivity index (χ2v) is 6.56. The molecule has 0 aliphatic carbocycles. The Morgan fingerprint density at radius 3 is 2.14 bits per heavy atom. The lowest BCUT2D eigenvalue weighted by Crippen LogP contribution is -2.41. The molecule has 0 radical (unpaired) electrons. The summed E-state index contributed by atoms with van der Waals surface area (Å²) in [6.07, 6.45) is 0.445. The summed E-state index contributed by atoms with van der Waals surface area (Å²) >= 11 is 0. The summed E-state index contributed by atoms with van der Waals surface area (Å²) in [7, 11) is -4.30. The predicted molar refractivity (Wildman–Crippen MR) is 76.2 cm³/mol. The van der Waals surface area contributed by atoms with Crippen molar-refractivity contribution in [3.8, 4) is 0 Å². The Kier molecular flexibility index (Phi) is 7.66. The van der Waals surface area contributed by atoms with Crippen LogP contribution in [0.3, 0.4) is 0 Å². The molecule has 0 aromatic heterocycles. The summed E-state index contributed by atoms with van der Waals surface area (Å²) in [6.45, 7) is 3.76. The molecular weight excluding hydrogens is 329 g/mol. The molecule has 1 rings (SSSR count). The van der Waals surface area contributed by atoms with Gasteiger partial charge in [0, 0.05) is 18.7 Å². The maximum absolute atomic E-state index is 13.5. The number of nitrogens with two attached hydrogens (primary N) is 1. The number of sulfonamides is 1. The second-order valence-electron chi connectivity index (χ2n) is 4.88. The topological polar surface area (TPSA) is 72.2 Å². The van der Waals surface area contributed by atoms with Gasteiger partial charge in [0.1, 0.15) is 10.7 Å². The van der Waals surface area contributed by atoms with Crippen molar-refractivity contribution in [3.63, 3.8) is 0 Å². The monoisotopic (exact) mass is 346 g/mol. The normalized spacial score (nSPS) is 13.1. The van der Waals surface area contributed by atoms with Crippen LogP contribution in [-0.2, 0) is 10.0 Å². The summed E-state index contributed by atoms with van der Waals surface area (Å²) in [4.78, 5) is -0.932. The van der Waals surface area contributed by atoms with E-state index in [0.717, 1.165) is 0 Å². The van der Waals surface area contributed by atoms with E-state index in [1.807, 2.05) is 13.8 Å². The molecule has 0 saturated carbocycles. The number of nitrogens with one attached hydrogen (secondary N) is 1. The largest absolute Gasteiger partial charge is 0.329 e. The van der Waals surface area contributed by atoms with Gasteiger partial charge in [0.2, 0.25) is 10.0 Å². The molecule has 0 saturated heterocycles. The van der Waals surface area contributed by atoms with Gasteiger partial charge in [-0.15, -0.1) is 12.4 Å². The highest BCUT2D eigenvalue weighted by Crippen LogP contribution is 2.19. The van der Waals surface area contributed by atoms with Crippen molar-refractivity contribution in [1.82, 2.24) is 4.72 Å². The molecule has 0 heterocycles. The van der Waals surface area contributed by atoms with E-state index in [1.165, 1.54) is 0 Å². The molecule has 122 valence electrons. The van der Waals surface area contributed by atoms with Crippen LogP contribution in [0.15, 0.2) is 17.0 Å². The molecule has 4 nitrogen and oxygen atoms in total. The maximum Gasteiger partial charge on any atom is 0.243 e. The predicted octanol–water partition coefficient (Wildman–Crippen LogP) is 2.18. The molecule has 1 aromatic carbocycles. The van der Waals surface area contributed by atoms with Crippen LogP contribution in [0.25, 0.3) is 0 Å². The number of rotatable bonds is 6. The zero-order chi connectivity index (χ0) is 15.5. The van der Waals surface area contributed by atoms with Gasteiger partial charge in [-0.25, -0.2) is 26.3 Å². The highest BCUT2D eigenvalue weighted by Gasteiger charge is 2.25. The van der Waals surface area contributed by atoms with Crippen LogP contribution in [0.5, 0.6) is 0 Å². The molecule has 1 aromatic rings. The molecule has 3 N–H and O–H groups in total. The van der Waals surface area contributed by atoms with Crippen LogP contribution in [0, 0.1) is 23.4 Å². The minimum atomic E-state index is -4.30. The van der Waals surface area contributed by atoms with E-state index in [4.69, 9.17) is 5.73 Å². The van der Waals surface area contributed by atoms with Gasteiger partial charge in [-0.05, 0) is 18.4 Å². The van der Waals surface area contributed by atoms with E-state index in [2.05, 4.69) is 4.72 Å². The van der Waals surface area contributed by atoms with Gasteiger partial charge >= 0.3 is 0 Å². The molecule has 0 aliphatic rings. The van der Waals surface area contributed by atoms with Gasteiger partial charge in [0.05, 0.1) is 0 Å². The summed E-state index contributed by atoms with van der Waals surface area (Å²) in [5.41, 5.74) is 5.44. The Bertz CT molecular complexity index is 582. The minimum absolute atomic E-state index is 0. The van der Waals surface area contributed by atoms with Crippen molar-refractivity contribution in [1.29, 1.82) is 0 Å². The number of halogens is 4. The number of benzene rings is 1. The third-order valence-corrected chi connectivity index (χ3v) is 4.16. The van der Waals surface area contributed by atoms with Gasteiger partial charge < -0.3 is 5.73 Å². The fourth-order valence-electron chi connectivity index (χ4n) is 1.75. The molecule has 0 amide bonds. The lowest BCUT2D eigenvalue weighted by Gasteiger charge is -2.19. The Morgan fingerprint density at radius 1 is 1.14 bits per heavy atom. The summed E-state index contributed by atoms with van der Waals surface area (Å²) < 4.78 is 65.5. The van der Waals surface area contributed by atoms with Crippen LogP contribution in [0.4, 0.5) is 13.2 Å². The van der Waals surface area contributed by atoms with E-state index >= 15 is 0 Å². The molecule has 1 atom stereocenters. The molecule has 0 aliphatic heterocycles. The lowest BCUT2D eigenvalue weighted by molar-refractivity contribution is 0.458. The quantitative estimate of drug-likeness (QED) is 0.775. The van der Waals surface area contributed by atoms with E-state index < -0.39 is 38.4 Å². The average Bonchev–Trinajstić information content (AvgIpc) is 2.31. The molecule has 9 heteroatoms. The van der Waals surface area contributed by atoms with Crippen molar-refractivity contribution in [2.75, 3.05) is 6.54 Å². The van der Waals surface area contributed by atoms with E-state index in [-0.39, 0.29) is 30.9 Å². The fraction of sp³-hybridized carbons (Fsp3) is 0.500. The highest BCUT2D eigenvalue weighted by molar-refractivity contribution is 7.89. The Balaban J connectivity index is 0.00000400. The van der Waals surface area contributed by atoms with Crippen molar-refractivity contribution < 1.29 is 21.6 Å². The first-order valence-electron chi connectivity index (χ1n) is 6.04. The first kappa shape index (κ1) is 20.2. The SMILES string of the molecule is CC(C)CC(CN)NS(=O)(=O)c1cc(F)c(F)cc1F.Cl. The molecule has 21 heavy (non-hydrogen) atoms. The standard InChI is InChI=1S/C12H17F3N2O2S.ClH/c1-7(2)3-8(6-16)17-20(18,19)12-5-10(14)9(13)4-11(12)15;/h4-5,7-8,17H,3,6,16H2,1-2H3;1H. The van der Waals surface area contributed by atoms with Crippen LogP contribution in [0.2, 0.25) is 0 Å². The first-order valence-corrected chi connectivity index (χ1v) is 7.52. The van der Waals surface area contributed by atoms with Gasteiger partial charge in [-0.2, -0.15) is 0 Å². The smallest absolute Gasteiger partial charge is 0.243 e. The zero-order valence-electron chi connectivity index (χ0n) is 11.6. The summed E-state index contributed by atoms with van der Waals surface area (Å²) in [6, 6.07) is -0.0905. The highest BCUT2D eigenvalue weighted by atomic mass is 35.5. The van der Waals surface area contributed by atoms with Crippen LogP contribution in [0.1, 0.15) is 20.3 Å². The van der Waals surface area contributed by atoms with E-state index in [1.54, 1.807) is 0 Å². The Labute approximate surface area is 128 Å². The van der Waals surface area contributed by atoms with Gasteiger partial charge in [-0.1, -0.05) is 13.8 Å². The first-order chi connectivity index (χ1) is 9.17. The van der Waals surface area contributed by atoms with Gasteiger partial charge in [-0.3, -0.25) is 0 Å². The van der Waals surface area contributed by atoms with Crippen molar-refractivity contribution in [2.45, 2.75) is 31.2 Å². The van der Waals surface area contributed by atoms with Crippen molar-refractivity contribution in [2.24, 2.45) is 11.7 Å². The Morgan fingerprint density at radius 2 is 1.67 bits per heavy atom. The summed E-state index contributed by atoms with van der Waals surface area (Å²) in [5.74, 6) is -4.06. The van der Waals surface area contributed by atoms with Gasteiger partial charge in [0.15, 0.2) is 11.6 Å². The molecule has 0 fully saturated rings.